The van der Waals surface area contributed by atoms with E-state index in [1.807, 2.05) is 13.8 Å². The van der Waals surface area contributed by atoms with Crippen LogP contribution >= 0.6 is 0 Å². The van der Waals surface area contributed by atoms with Crippen LogP contribution in [0.1, 0.15) is 372 Å². The van der Waals surface area contributed by atoms with Crippen LogP contribution in [0, 0.1) is 17.3 Å². The Morgan fingerprint density at radius 2 is 0.607 bits per heavy atom. The zero-order valence-electron chi connectivity index (χ0n) is 76.7. The van der Waals surface area contributed by atoms with E-state index in [4.69, 9.17) is 0 Å². The van der Waals surface area contributed by atoms with Gasteiger partial charge in [-0.2, -0.15) is 0 Å². The van der Waals surface area contributed by atoms with Crippen molar-refractivity contribution in [2.75, 3.05) is 0 Å². The summed E-state index contributed by atoms with van der Waals surface area (Å²) in [5.41, 5.74) is 22.9. The van der Waals surface area contributed by atoms with Gasteiger partial charge in [-0.3, -0.25) is 0 Å². The van der Waals surface area contributed by atoms with E-state index < -0.39 is 0 Å². The fraction of sp³-hybridized carbons (Fsp3) is 0.558. The summed E-state index contributed by atoms with van der Waals surface area (Å²) in [6.07, 6.45) is 10.4. The molecule has 112 heavy (non-hydrogen) atoms. The van der Waals surface area contributed by atoms with Crippen LogP contribution < -0.4 is 0 Å². The van der Waals surface area contributed by atoms with Crippen molar-refractivity contribution < 1.29 is 0 Å². The van der Waals surface area contributed by atoms with Gasteiger partial charge >= 0.3 is 0 Å². The predicted octanol–water partition coefficient (Wildman–Crippen LogP) is 29.8. The van der Waals surface area contributed by atoms with Crippen LogP contribution in [0.2, 0.25) is 29.2 Å². The molecule has 0 nitrogen and oxygen atoms in total. The highest BCUT2D eigenvalue weighted by atomic mass is 28.2. The quantitative estimate of drug-likeness (QED) is 0.0594. The fourth-order valence-electron chi connectivity index (χ4n) is 12.6. The van der Waals surface area contributed by atoms with Crippen molar-refractivity contribution >= 4 is 93.1 Å². The van der Waals surface area contributed by atoms with Crippen molar-refractivity contribution in [1.82, 2.24) is 0 Å². The van der Waals surface area contributed by atoms with Gasteiger partial charge in [-0.15, -0.1) is 0 Å². The highest BCUT2D eigenvalue weighted by Crippen LogP contribution is 2.48. The molecule has 8 rings (SSSR count). The van der Waals surface area contributed by atoms with Crippen LogP contribution in [0.4, 0.5) is 0 Å². The first-order valence-electron chi connectivity index (χ1n) is 42.3. The second-order valence-electron chi connectivity index (χ2n) is 38.2. The minimum absolute atomic E-state index is 0.0332. The summed E-state index contributed by atoms with van der Waals surface area (Å²) in [4.78, 5) is 0. The molecule has 8 unspecified atom stereocenters. The Bertz CT molecular complexity index is 3700. The van der Waals surface area contributed by atoms with Crippen LogP contribution in [-0.4, -0.2) is 81.9 Å². The Morgan fingerprint density at radius 3 is 0.955 bits per heavy atom. The first-order chi connectivity index (χ1) is 51.6. The first kappa shape index (κ1) is 106. The van der Waals surface area contributed by atoms with E-state index in [0.717, 1.165) is 47.2 Å². The summed E-state index contributed by atoms with van der Waals surface area (Å²) in [5.74, 6) is 5.46. The monoisotopic (exact) mass is 1630 g/mol. The Kier molecular flexibility index (Phi) is 46.5. The maximum Gasteiger partial charge on any atom is 0.0370 e. The number of rotatable bonds is 22. The van der Waals surface area contributed by atoms with Crippen molar-refractivity contribution in [2.24, 2.45) is 17.3 Å². The van der Waals surface area contributed by atoms with E-state index in [0.29, 0.717) is 51.4 Å². The first-order valence-corrected chi connectivity index (χ1v) is 47.1. The van der Waals surface area contributed by atoms with Crippen LogP contribution in [0.15, 0.2) is 183 Å². The van der Waals surface area contributed by atoms with Gasteiger partial charge in [0.2, 0.25) is 0 Å². The number of benzene rings is 7. The van der Waals surface area contributed by atoms with E-state index in [1.54, 1.807) is 0 Å². The van der Waals surface area contributed by atoms with E-state index >= 15 is 0 Å². The minimum atomic E-state index is 0.0332. The van der Waals surface area contributed by atoms with Crippen LogP contribution in [0.25, 0.3) is 11.1 Å². The lowest BCUT2D eigenvalue weighted by Crippen LogP contribution is -2.31. The lowest BCUT2D eigenvalue weighted by atomic mass is 9.66. The summed E-state index contributed by atoms with van der Waals surface area (Å²) in [5, 5.41) is 0.485. The summed E-state index contributed by atoms with van der Waals surface area (Å²) >= 11 is 0. The van der Waals surface area contributed by atoms with Gasteiger partial charge in [-0.1, -0.05) is 425 Å². The number of hydrogen-bond acceptors (Lipinski definition) is 0. The SMILES string of the molecule is C=C(C)c1cccc(C(C)(C)[Si])c1.C=C(C)c1cccc(C(C)C[Si])c1.CC(C)(C)C1CCCC(C(C)(C)[Si])C1.CC(C[Si])c1cccc(C(C)(C)C)c1.CCC(C)(C)c1cccc(C(C)(C)[Si])c1.CCC(C)(C)c1cccc(C(C)C[Si])c1.CCC(C)c1cccc(C(C)(C)[Si])c1.CCC(C)c1cccc(C(C)C[Si])c1. The van der Waals surface area contributed by atoms with Gasteiger partial charge in [0, 0.05) is 81.9 Å². The zero-order chi connectivity index (χ0) is 86.1. The van der Waals surface area contributed by atoms with Gasteiger partial charge in [0.15, 0.2) is 0 Å². The third-order valence-corrected chi connectivity index (χ3v) is 27.0. The van der Waals surface area contributed by atoms with Crippen molar-refractivity contribution in [3.05, 3.63) is 261 Å². The summed E-state index contributed by atoms with van der Waals surface area (Å²) in [6.45, 7) is 75.2. The maximum atomic E-state index is 3.94. The molecule has 8 heteroatoms. The van der Waals surface area contributed by atoms with Crippen molar-refractivity contribution in [1.29, 1.82) is 0 Å². The van der Waals surface area contributed by atoms with Gasteiger partial charge in [-0.05, 0) is 219 Å². The molecule has 7 aromatic rings. The molecule has 0 saturated heterocycles. The van der Waals surface area contributed by atoms with Gasteiger partial charge in [0.1, 0.15) is 0 Å². The Morgan fingerprint density at radius 1 is 0.339 bits per heavy atom. The average molecular weight is 1630 g/mol. The van der Waals surface area contributed by atoms with Gasteiger partial charge in [0.25, 0.3) is 0 Å². The molecule has 7 aromatic carbocycles. The van der Waals surface area contributed by atoms with E-state index in [2.05, 4.69) is 459 Å². The average Bonchev–Trinajstić information content (AvgIpc) is 0.826. The molecular formula is C104H154Si8. The molecule has 0 heterocycles. The minimum Gasteiger partial charge on any atom is -0.0955 e. The molecule has 602 valence electrons. The van der Waals surface area contributed by atoms with Crippen molar-refractivity contribution in [3.63, 3.8) is 0 Å². The molecule has 1 fully saturated rings. The normalized spacial score (nSPS) is 15.6. The molecule has 1 saturated carbocycles. The Hall–Kier alpha value is -4.24. The fourth-order valence-corrected chi connectivity index (χ4v) is 14.3. The Labute approximate surface area is 720 Å². The molecule has 1 aliphatic carbocycles. The maximum absolute atomic E-state index is 3.94. The van der Waals surface area contributed by atoms with Gasteiger partial charge in [-0.25, -0.2) is 0 Å². The summed E-state index contributed by atoms with van der Waals surface area (Å²) in [7, 11) is 29.4. The number of hydrogen-bond donors (Lipinski definition) is 0. The molecule has 24 radical (unpaired) electrons. The predicted molar refractivity (Wildman–Crippen MR) is 514 cm³/mol. The lowest BCUT2D eigenvalue weighted by molar-refractivity contribution is 0.124. The lowest BCUT2D eigenvalue weighted by Gasteiger charge is -2.42. The van der Waals surface area contributed by atoms with Gasteiger partial charge in [0.05, 0.1) is 0 Å². The third kappa shape index (κ3) is 38.4. The third-order valence-electron chi connectivity index (χ3n) is 23.3. The number of allylic oxidation sites excluding steroid dienone is 2. The van der Waals surface area contributed by atoms with Crippen molar-refractivity contribution in [2.45, 2.75) is 355 Å². The standard InChI is InChI=1S/2C14H21Si.C13H25Si.3C13H19Si.2C12H15Si/c1-6-13(2,3)11-8-7-9-12(10-11)14(4,5)15;1-5-14(3,4)13-8-6-7-12(9-13)11(2)10-15;1-12(2,3)10-7-6-8-11(9-10)13(4,5)14;1-10(9-14)11-6-5-7-12(8-11)13(2,3)4;1-5-10(2)11-7-6-8-12(9-11)13(3,4)14;1-4-10(2)12-6-5-7-13(8-12)11(3)9-14;1-9(2)10-6-5-7-11(8-10)12(3,4)13;1-9(2)11-5-4-6-12(7-11)10(3)8-13/h7-10H,6H2,1-5H3;6-9,11H,5,10H2,1-4H3;10-11H,6-9H2,1-5H3;5-8,10H,9H2,1-4H3;6-10H,5H2,1-4H3;5-8,10-11H,4,9H2,1-3H3;5-8H,1H2,2-4H3;4-7,10H,1,8H2,2-3H3. The molecule has 0 amide bonds. The molecule has 0 aliphatic heterocycles. The zero-order valence-corrected chi connectivity index (χ0v) is 84.7. The summed E-state index contributed by atoms with van der Waals surface area (Å²) < 4.78 is 0. The molecule has 8 atom stereocenters. The largest absolute Gasteiger partial charge is 0.0955 e. The molecule has 0 spiro atoms. The highest BCUT2D eigenvalue weighted by Gasteiger charge is 2.35. The molecule has 0 N–H and O–H groups in total. The van der Waals surface area contributed by atoms with E-state index in [9.17, 15) is 0 Å². The van der Waals surface area contributed by atoms with Crippen LogP contribution in [0.3, 0.4) is 0 Å². The molecule has 0 aromatic heterocycles. The van der Waals surface area contributed by atoms with E-state index in [1.165, 1.54) is 129 Å². The second kappa shape index (κ2) is 49.2. The topological polar surface area (TPSA) is 0 Å². The molecule has 1 aliphatic rings. The Balaban J connectivity index is 0.000000640. The molecule has 0 bridgehead atoms. The smallest absolute Gasteiger partial charge is 0.0370 e. The van der Waals surface area contributed by atoms with Crippen molar-refractivity contribution in [3.8, 4) is 0 Å². The van der Waals surface area contributed by atoms with Crippen LogP contribution in [-0.2, 0) is 31.4 Å². The second-order valence-corrected chi connectivity index (χ2v) is 44.9. The highest BCUT2D eigenvalue weighted by molar-refractivity contribution is 6.16. The van der Waals surface area contributed by atoms with Crippen LogP contribution in [0.5, 0.6) is 0 Å². The summed E-state index contributed by atoms with van der Waals surface area (Å²) in [6, 6.07) is 65.7. The molecular weight excluding hydrogens is 1470 g/mol. The van der Waals surface area contributed by atoms with Gasteiger partial charge < -0.3 is 0 Å². The van der Waals surface area contributed by atoms with E-state index in [-0.39, 0.29) is 25.9 Å².